The van der Waals surface area contributed by atoms with Crippen molar-refractivity contribution in [2.75, 3.05) is 0 Å². The van der Waals surface area contributed by atoms with Gasteiger partial charge in [-0.15, -0.1) is 0 Å². The third-order valence-electron chi connectivity index (χ3n) is 3.68. The number of rotatable bonds is 4. The minimum atomic E-state index is -0.966. The third-order valence-corrected chi connectivity index (χ3v) is 3.68. The van der Waals surface area contributed by atoms with Crippen molar-refractivity contribution in [3.05, 3.63) is 47.7 Å². The molecule has 0 atom stereocenters. The predicted octanol–water partition coefficient (Wildman–Crippen LogP) is 2.67. The van der Waals surface area contributed by atoms with E-state index in [-0.39, 0.29) is 12.2 Å². The second kappa shape index (κ2) is 5.36. The lowest BCUT2D eigenvalue weighted by Crippen LogP contribution is -2.04. The van der Waals surface area contributed by atoms with E-state index in [4.69, 9.17) is 5.11 Å². The van der Waals surface area contributed by atoms with Gasteiger partial charge in [-0.1, -0.05) is 24.3 Å². The Morgan fingerprint density at radius 2 is 1.86 bits per heavy atom. The largest absolute Gasteiger partial charge is 0.481 e. The van der Waals surface area contributed by atoms with Crippen molar-refractivity contribution in [2.45, 2.75) is 19.3 Å². The molecule has 0 amide bonds. The van der Waals surface area contributed by atoms with Gasteiger partial charge < -0.3 is 5.11 Å². The minimum absolute atomic E-state index is 0.0509. The van der Waals surface area contributed by atoms with E-state index in [1.165, 1.54) is 0 Å². The van der Waals surface area contributed by atoms with E-state index in [0.29, 0.717) is 18.4 Å². The smallest absolute Gasteiger partial charge is 0.307 e. The van der Waals surface area contributed by atoms with E-state index < -0.39 is 5.97 Å². The van der Waals surface area contributed by atoms with Crippen LogP contribution >= 0.6 is 0 Å². The van der Waals surface area contributed by atoms with Crippen LogP contribution < -0.4 is 0 Å². The maximum atomic E-state index is 11.8. The maximum Gasteiger partial charge on any atom is 0.307 e. The Kier molecular flexibility index (Phi) is 3.39. The van der Waals surface area contributed by atoms with Crippen LogP contribution in [0.3, 0.4) is 0 Å². The zero-order chi connectivity index (χ0) is 14.8. The first kappa shape index (κ1) is 13.3. The molecule has 5 nitrogen and oxygen atoms in total. The number of benzene rings is 1. The number of carboxylic acid groups (broad SMARTS) is 1. The van der Waals surface area contributed by atoms with Crippen LogP contribution in [0.15, 0.2) is 42.1 Å². The first-order chi connectivity index (χ1) is 10.1. The summed E-state index contributed by atoms with van der Waals surface area (Å²) in [6, 6.07) is 9.61. The van der Waals surface area contributed by atoms with Gasteiger partial charge in [-0.05, 0) is 29.2 Å². The molecule has 1 aromatic carbocycles. The molecule has 3 rings (SSSR count). The average molecular weight is 282 g/mol. The van der Waals surface area contributed by atoms with E-state index in [9.17, 15) is 9.59 Å². The van der Waals surface area contributed by atoms with Gasteiger partial charge in [0.1, 0.15) is 0 Å². The summed E-state index contributed by atoms with van der Waals surface area (Å²) in [5, 5.41) is 15.7. The van der Waals surface area contributed by atoms with Crippen LogP contribution in [0.2, 0.25) is 0 Å². The Balaban J connectivity index is 1.94. The molecule has 106 valence electrons. The number of H-pyrrole nitrogens is 1. The fraction of sp³-hybridized carbons (Fsp3) is 0.188. The number of hydrogen-bond acceptors (Lipinski definition) is 3. The first-order valence-corrected chi connectivity index (χ1v) is 6.72. The normalized spacial score (nSPS) is 14.8. The fourth-order valence-corrected chi connectivity index (χ4v) is 2.65. The lowest BCUT2D eigenvalue weighted by Gasteiger charge is -2.06. The monoisotopic (exact) mass is 282 g/mol. The molecule has 0 aliphatic heterocycles. The molecule has 1 aliphatic carbocycles. The van der Waals surface area contributed by atoms with Gasteiger partial charge in [0, 0.05) is 18.2 Å². The van der Waals surface area contributed by atoms with Crippen molar-refractivity contribution in [3.8, 4) is 11.3 Å². The van der Waals surface area contributed by atoms with Crippen LogP contribution in [0.25, 0.3) is 16.8 Å². The summed E-state index contributed by atoms with van der Waals surface area (Å²) in [4.78, 5) is 22.7. The summed E-state index contributed by atoms with van der Waals surface area (Å²) in [6.45, 7) is 0. The summed E-state index contributed by atoms with van der Waals surface area (Å²) >= 11 is 0. The number of aromatic nitrogens is 2. The highest BCUT2D eigenvalue weighted by Crippen LogP contribution is 2.34. The first-order valence-electron chi connectivity index (χ1n) is 6.72. The Bertz CT molecular complexity index is 712. The van der Waals surface area contributed by atoms with E-state index in [1.807, 2.05) is 30.3 Å². The number of aliphatic carboxylic acids is 1. The number of aromatic amines is 1. The van der Waals surface area contributed by atoms with Gasteiger partial charge in [0.05, 0.1) is 12.1 Å². The van der Waals surface area contributed by atoms with E-state index in [2.05, 4.69) is 10.2 Å². The summed E-state index contributed by atoms with van der Waals surface area (Å²) in [7, 11) is 0. The highest BCUT2D eigenvalue weighted by atomic mass is 16.4. The number of ketones is 1. The number of Topliss-reactive ketones (excluding diaryl/α,β-unsaturated/α-hetero) is 1. The molecule has 1 heterocycles. The van der Waals surface area contributed by atoms with Gasteiger partial charge in [-0.3, -0.25) is 14.7 Å². The average Bonchev–Trinajstić information content (AvgIpc) is 3.10. The van der Waals surface area contributed by atoms with Gasteiger partial charge in [-0.25, -0.2) is 0 Å². The van der Waals surface area contributed by atoms with Gasteiger partial charge in [-0.2, -0.15) is 5.10 Å². The second-order valence-corrected chi connectivity index (χ2v) is 5.00. The Labute approximate surface area is 121 Å². The molecule has 2 N–H and O–H groups in total. The van der Waals surface area contributed by atoms with Crippen molar-refractivity contribution in [1.29, 1.82) is 0 Å². The van der Waals surface area contributed by atoms with Crippen molar-refractivity contribution < 1.29 is 14.7 Å². The van der Waals surface area contributed by atoms with Crippen molar-refractivity contribution in [3.63, 3.8) is 0 Å². The number of carbonyl (C=O) groups excluding carboxylic acids is 1. The van der Waals surface area contributed by atoms with E-state index in [0.717, 1.165) is 22.4 Å². The van der Waals surface area contributed by atoms with Crippen LogP contribution in [0.1, 0.15) is 24.8 Å². The topological polar surface area (TPSA) is 83.0 Å². The van der Waals surface area contributed by atoms with Crippen LogP contribution in [-0.4, -0.2) is 27.1 Å². The molecule has 0 saturated carbocycles. The lowest BCUT2D eigenvalue weighted by atomic mass is 9.98. The third kappa shape index (κ3) is 2.63. The summed E-state index contributed by atoms with van der Waals surface area (Å²) in [5.41, 5.74) is 4.14. The molecule has 0 bridgehead atoms. The highest BCUT2D eigenvalue weighted by molar-refractivity contribution is 6.09. The zero-order valence-corrected chi connectivity index (χ0v) is 11.3. The van der Waals surface area contributed by atoms with E-state index in [1.54, 1.807) is 6.20 Å². The number of nitrogens with one attached hydrogen (secondary N) is 1. The number of allylic oxidation sites excluding steroid dienone is 1. The molecule has 21 heavy (non-hydrogen) atoms. The van der Waals surface area contributed by atoms with Gasteiger partial charge in [0.2, 0.25) is 0 Å². The molecule has 1 aromatic heterocycles. The molecule has 0 saturated heterocycles. The SMILES string of the molecule is O=C(O)CC1=C(c2ccc(-c3ccn[nH]3)cc2)CCC1=O. The molecule has 0 spiro atoms. The van der Waals surface area contributed by atoms with Gasteiger partial charge in [0.25, 0.3) is 0 Å². The molecule has 1 aliphatic rings. The highest BCUT2D eigenvalue weighted by Gasteiger charge is 2.25. The predicted molar refractivity (Wildman–Crippen MR) is 77.4 cm³/mol. The standard InChI is InChI=1S/C16H14N2O3/c19-15-6-5-12(13(15)9-16(20)21)10-1-3-11(4-2-10)14-7-8-17-18-14/h1-4,7-8H,5-6,9H2,(H,17,18)(H,20,21). The Morgan fingerprint density at radius 3 is 2.48 bits per heavy atom. The summed E-state index contributed by atoms with van der Waals surface area (Å²) in [5.74, 6) is -1.02. The fourth-order valence-electron chi connectivity index (χ4n) is 2.65. The van der Waals surface area contributed by atoms with Crippen LogP contribution in [-0.2, 0) is 9.59 Å². The van der Waals surface area contributed by atoms with Crippen molar-refractivity contribution in [1.82, 2.24) is 10.2 Å². The number of carbonyl (C=O) groups is 2. The molecule has 0 unspecified atom stereocenters. The molecule has 0 fully saturated rings. The molecule has 0 radical (unpaired) electrons. The molecular weight excluding hydrogens is 268 g/mol. The van der Waals surface area contributed by atoms with Gasteiger partial charge >= 0.3 is 5.97 Å². The minimum Gasteiger partial charge on any atom is -0.481 e. The quantitative estimate of drug-likeness (QED) is 0.903. The lowest BCUT2D eigenvalue weighted by molar-refractivity contribution is -0.136. The Hall–Kier alpha value is -2.69. The van der Waals surface area contributed by atoms with Crippen LogP contribution in [0, 0.1) is 0 Å². The number of carboxylic acids is 1. The second-order valence-electron chi connectivity index (χ2n) is 5.00. The maximum absolute atomic E-state index is 11.8. The van der Waals surface area contributed by atoms with Crippen molar-refractivity contribution >= 4 is 17.3 Å². The zero-order valence-electron chi connectivity index (χ0n) is 11.3. The van der Waals surface area contributed by atoms with E-state index >= 15 is 0 Å². The van der Waals surface area contributed by atoms with Crippen LogP contribution in [0.4, 0.5) is 0 Å². The van der Waals surface area contributed by atoms with Crippen molar-refractivity contribution in [2.24, 2.45) is 0 Å². The molecule has 5 heteroatoms. The molecular formula is C16H14N2O3. The van der Waals surface area contributed by atoms with Crippen LogP contribution in [0.5, 0.6) is 0 Å². The summed E-state index contributed by atoms with van der Waals surface area (Å²) < 4.78 is 0. The molecule has 2 aromatic rings. The number of hydrogen-bond donors (Lipinski definition) is 2. The summed E-state index contributed by atoms with van der Waals surface area (Å²) in [6.07, 6.45) is 2.51. The van der Waals surface area contributed by atoms with Gasteiger partial charge in [0.15, 0.2) is 5.78 Å². The Morgan fingerprint density at radius 1 is 1.14 bits per heavy atom. The number of nitrogens with zero attached hydrogens (tertiary/aromatic N) is 1.